The molecule has 5 aromatic rings. The molecular formula is C27H25F3N8O2. The van der Waals surface area contributed by atoms with E-state index in [0.29, 0.717) is 45.7 Å². The van der Waals surface area contributed by atoms with Crippen molar-refractivity contribution in [2.75, 3.05) is 7.11 Å². The number of hydrogen-bond donors (Lipinski definition) is 2. The maximum Gasteiger partial charge on any atom is 0.434 e. The molecular weight excluding hydrogens is 525 g/mol. The highest BCUT2D eigenvalue weighted by Crippen LogP contribution is 2.45. The van der Waals surface area contributed by atoms with Crippen molar-refractivity contribution >= 4 is 11.0 Å². The zero-order valence-electron chi connectivity index (χ0n) is 21.7. The molecule has 1 aliphatic rings. The number of aryl methyl sites for hydroxylation is 1. The topological polar surface area (TPSA) is 130 Å². The number of methoxy groups -OCH3 is 1. The average molecular weight is 551 g/mol. The first-order valence-corrected chi connectivity index (χ1v) is 12.6. The Morgan fingerprint density at radius 3 is 2.50 bits per heavy atom. The number of nitrogens with zero attached hydrogens (tertiary/aromatic N) is 6. The fourth-order valence-electron chi connectivity index (χ4n) is 4.63. The predicted molar refractivity (Wildman–Crippen MR) is 139 cm³/mol. The van der Waals surface area contributed by atoms with Gasteiger partial charge in [-0.05, 0) is 24.0 Å². The number of aromatic nitrogens is 7. The van der Waals surface area contributed by atoms with Crippen molar-refractivity contribution in [1.29, 1.82) is 0 Å². The maximum atomic E-state index is 13.1. The van der Waals surface area contributed by atoms with Crippen molar-refractivity contribution in [3.8, 4) is 34.5 Å². The lowest BCUT2D eigenvalue weighted by molar-refractivity contribution is -0.140. The zero-order valence-corrected chi connectivity index (χ0v) is 21.7. The molecule has 0 aliphatic heterocycles. The first kappa shape index (κ1) is 25.7. The van der Waals surface area contributed by atoms with Crippen LogP contribution in [0.25, 0.3) is 33.8 Å². The molecule has 4 heterocycles. The summed E-state index contributed by atoms with van der Waals surface area (Å²) >= 11 is 0. The second kappa shape index (κ2) is 9.90. The van der Waals surface area contributed by atoms with Crippen LogP contribution in [0.15, 0.2) is 43.0 Å². The van der Waals surface area contributed by atoms with Gasteiger partial charge in [-0.3, -0.25) is 0 Å². The minimum Gasteiger partial charge on any atom is -0.480 e. The van der Waals surface area contributed by atoms with E-state index in [1.807, 2.05) is 0 Å². The molecule has 1 saturated carbocycles. The number of ether oxygens (including phenoxy) is 2. The van der Waals surface area contributed by atoms with Crippen LogP contribution in [0, 0.1) is 0 Å². The number of rotatable bonds is 8. The van der Waals surface area contributed by atoms with E-state index in [4.69, 9.17) is 25.2 Å². The zero-order chi connectivity index (χ0) is 28.0. The van der Waals surface area contributed by atoms with Gasteiger partial charge in [-0.2, -0.15) is 18.2 Å². The molecule has 0 bridgehead atoms. The average Bonchev–Trinajstić information content (AvgIpc) is 3.59. The van der Waals surface area contributed by atoms with Crippen molar-refractivity contribution in [2.24, 2.45) is 12.8 Å². The SMILES string of the molecule is COc1ncnc(C2CC2)c1-c1nc(OCc2ccc(-c3nc(C(F)(F)F)cn3C)cc2)c2c(CN)c[nH]c2n1. The standard InChI is InChI=1S/C27H25F3N8O2/c1-38-11-18(27(28,29)30)35-24(38)16-5-3-14(4-6-16)12-40-26-19-17(9-31)10-32-22(19)36-23(37-26)20-21(15-7-8-15)33-13-34-25(20)39-2/h3-6,10-11,13,15H,7-9,12,31H2,1-2H3,(H,32,36,37). The van der Waals surface area contributed by atoms with E-state index in [0.717, 1.165) is 35.9 Å². The lowest BCUT2D eigenvalue weighted by Gasteiger charge is -2.13. The monoisotopic (exact) mass is 550 g/mol. The summed E-state index contributed by atoms with van der Waals surface area (Å²) in [5, 5.41) is 0.666. The van der Waals surface area contributed by atoms with Gasteiger partial charge in [-0.1, -0.05) is 24.3 Å². The third-order valence-electron chi connectivity index (χ3n) is 6.78. The molecule has 0 spiro atoms. The maximum absolute atomic E-state index is 13.1. The summed E-state index contributed by atoms with van der Waals surface area (Å²) in [6.45, 7) is 0.399. The number of benzene rings is 1. The van der Waals surface area contributed by atoms with Gasteiger partial charge in [-0.15, -0.1) is 0 Å². The summed E-state index contributed by atoms with van der Waals surface area (Å²) in [6.07, 6.45) is 1.74. The second-order valence-corrected chi connectivity index (χ2v) is 9.56. The predicted octanol–water partition coefficient (Wildman–Crippen LogP) is 4.76. The van der Waals surface area contributed by atoms with E-state index in [-0.39, 0.29) is 19.0 Å². The molecule has 6 rings (SSSR count). The Hall–Kier alpha value is -4.52. The normalized spacial score (nSPS) is 13.7. The number of hydrogen-bond acceptors (Lipinski definition) is 8. The number of H-pyrrole nitrogens is 1. The Morgan fingerprint density at radius 1 is 1.07 bits per heavy atom. The summed E-state index contributed by atoms with van der Waals surface area (Å²) < 4.78 is 52.3. The Morgan fingerprint density at radius 2 is 1.85 bits per heavy atom. The van der Waals surface area contributed by atoms with Gasteiger partial charge in [0.05, 0.1) is 18.2 Å². The Balaban J connectivity index is 1.32. The molecule has 0 radical (unpaired) electrons. The lowest BCUT2D eigenvalue weighted by atomic mass is 10.1. The molecule has 0 atom stereocenters. The molecule has 1 aliphatic carbocycles. The minimum absolute atomic E-state index is 0.146. The van der Waals surface area contributed by atoms with Gasteiger partial charge in [-0.25, -0.2) is 19.9 Å². The molecule has 0 amide bonds. The van der Waals surface area contributed by atoms with Crippen LogP contribution in [0.3, 0.4) is 0 Å². The molecule has 0 saturated heterocycles. The largest absolute Gasteiger partial charge is 0.480 e. The summed E-state index contributed by atoms with van der Waals surface area (Å²) in [5.41, 5.74) is 9.17. The number of nitrogens with one attached hydrogen (secondary N) is 1. The highest BCUT2D eigenvalue weighted by molar-refractivity contribution is 5.87. The van der Waals surface area contributed by atoms with Gasteiger partial charge in [0.1, 0.15) is 30.0 Å². The van der Waals surface area contributed by atoms with Crippen LogP contribution in [-0.2, 0) is 26.4 Å². The van der Waals surface area contributed by atoms with Gasteiger partial charge >= 0.3 is 6.18 Å². The Bertz CT molecular complexity index is 1690. The number of halogens is 3. The van der Waals surface area contributed by atoms with Crippen molar-refractivity contribution in [3.63, 3.8) is 0 Å². The summed E-state index contributed by atoms with van der Waals surface area (Å²) in [6, 6.07) is 6.96. The van der Waals surface area contributed by atoms with E-state index in [9.17, 15) is 13.2 Å². The molecule has 4 aromatic heterocycles. The number of nitrogens with two attached hydrogens (primary N) is 1. The van der Waals surface area contributed by atoms with Crippen molar-refractivity contribution in [3.05, 3.63) is 65.5 Å². The van der Waals surface area contributed by atoms with E-state index >= 15 is 0 Å². The van der Waals surface area contributed by atoms with E-state index in [1.165, 1.54) is 25.1 Å². The molecule has 3 N–H and O–H groups in total. The second-order valence-electron chi connectivity index (χ2n) is 9.56. The van der Waals surface area contributed by atoms with Crippen LogP contribution in [0.2, 0.25) is 0 Å². The van der Waals surface area contributed by atoms with Crippen LogP contribution in [0.4, 0.5) is 13.2 Å². The Labute approximate surface area is 226 Å². The van der Waals surface area contributed by atoms with Crippen LogP contribution in [-0.4, -0.2) is 41.6 Å². The van der Waals surface area contributed by atoms with Crippen molar-refractivity contribution in [2.45, 2.75) is 38.1 Å². The Kier molecular flexibility index (Phi) is 6.37. The quantitative estimate of drug-likeness (QED) is 0.283. The minimum atomic E-state index is -4.51. The molecule has 0 unspecified atom stereocenters. The van der Waals surface area contributed by atoms with Gasteiger partial charge in [0, 0.05) is 37.5 Å². The molecule has 13 heteroatoms. The van der Waals surface area contributed by atoms with Crippen LogP contribution in [0.1, 0.15) is 41.3 Å². The van der Waals surface area contributed by atoms with E-state index in [1.54, 1.807) is 30.5 Å². The fraction of sp³-hybridized carbons (Fsp3) is 0.296. The number of aromatic amines is 1. The third kappa shape index (κ3) is 4.72. The van der Waals surface area contributed by atoms with Crippen LogP contribution in [0.5, 0.6) is 11.8 Å². The van der Waals surface area contributed by atoms with E-state index in [2.05, 4.69) is 19.9 Å². The summed E-state index contributed by atoms with van der Waals surface area (Å²) in [5.74, 6) is 1.59. The first-order valence-electron chi connectivity index (χ1n) is 12.6. The van der Waals surface area contributed by atoms with Crippen molar-refractivity contribution in [1.82, 2.24) is 34.5 Å². The molecule has 1 fully saturated rings. The highest BCUT2D eigenvalue weighted by atomic mass is 19.4. The molecule has 10 nitrogen and oxygen atoms in total. The summed E-state index contributed by atoms with van der Waals surface area (Å²) in [7, 11) is 3.07. The smallest absolute Gasteiger partial charge is 0.434 e. The number of imidazole rings is 1. The van der Waals surface area contributed by atoms with Gasteiger partial charge in [0.25, 0.3) is 0 Å². The molecule has 40 heavy (non-hydrogen) atoms. The number of alkyl halides is 3. The number of fused-ring (bicyclic) bond motifs is 1. The van der Waals surface area contributed by atoms with Crippen molar-refractivity contribution < 1.29 is 22.6 Å². The summed E-state index contributed by atoms with van der Waals surface area (Å²) in [4.78, 5) is 25.2. The molecule has 206 valence electrons. The van der Waals surface area contributed by atoms with Gasteiger partial charge in [0.15, 0.2) is 11.5 Å². The van der Waals surface area contributed by atoms with E-state index < -0.39 is 11.9 Å². The fourth-order valence-corrected chi connectivity index (χ4v) is 4.63. The lowest BCUT2D eigenvalue weighted by Crippen LogP contribution is -2.05. The van der Waals surface area contributed by atoms with Gasteiger partial charge < -0.3 is 24.8 Å². The van der Waals surface area contributed by atoms with Gasteiger partial charge in [0.2, 0.25) is 11.8 Å². The third-order valence-corrected chi connectivity index (χ3v) is 6.78. The highest BCUT2D eigenvalue weighted by Gasteiger charge is 2.35. The van der Waals surface area contributed by atoms with Crippen LogP contribution >= 0.6 is 0 Å². The first-order chi connectivity index (χ1) is 19.3. The molecule has 1 aromatic carbocycles. The van der Waals surface area contributed by atoms with Crippen LogP contribution < -0.4 is 15.2 Å².